The number of carboxylic acid groups (broad SMARTS) is 1. The molecule has 0 spiro atoms. The van der Waals surface area contributed by atoms with E-state index in [9.17, 15) is 9.90 Å². The fourth-order valence-electron chi connectivity index (χ4n) is 2.23. The Morgan fingerprint density at radius 1 is 1.24 bits per heavy atom. The van der Waals surface area contributed by atoms with Crippen LogP contribution in [0.5, 0.6) is 0 Å². The SMILES string of the molecule is C=C(C)C(=O)O.CC1(C)CC([O])CC(C)(C)N1. The van der Waals surface area contributed by atoms with Gasteiger partial charge in [0, 0.05) is 16.7 Å². The van der Waals surface area contributed by atoms with Gasteiger partial charge in [0.15, 0.2) is 0 Å². The largest absolute Gasteiger partial charge is 0.478 e. The van der Waals surface area contributed by atoms with E-state index in [4.69, 9.17) is 5.11 Å². The molecule has 0 aromatic rings. The second kappa shape index (κ2) is 5.65. The van der Waals surface area contributed by atoms with Gasteiger partial charge in [0.2, 0.25) is 0 Å². The third-order valence-electron chi connectivity index (χ3n) is 2.52. The number of carbonyl (C=O) groups is 1. The number of hydrogen-bond acceptors (Lipinski definition) is 2. The van der Waals surface area contributed by atoms with Crippen molar-refractivity contribution in [3.05, 3.63) is 12.2 Å². The highest BCUT2D eigenvalue weighted by Crippen LogP contribution is 2.28. The van der Waals surface area contributed by atoms with Crippen molar-refractivity contribution in [1.29, 1.82) is 0 Å². The molecule has 0 aliphatic carbocycles. The summed E-state index contributed by atoms with van der Waals surface area (Å²) in [5.74, 6) is -0.935. The van der Waals surface area contributed by atoms with Crippen LogP contribution in [0.1, 0.15) is 47.5 Å². The topological polar surface area (TPSA) is 69.2 Å². The van der Waals surface area contributed by atoms with Crippen molar-refractivity contribution in [1.82, 2.24) is 5.32 Å². The van der Waals surface area contributed by atoms with Crippen LogP contribution in [0.15, 0.2) is 12.2 Å². The minimum absolute atomic E-state index is 0.0220. The van der Waals surface area contributed by atoms with Crippen LogP contribution in [0.25, 0.3) is 0 Å². The van der Waals surface area contributed by atoms with Crippen LogP contribution in [-0.4, -0.2) is 28.3 Å². The molecule has 1 fully saturated rings. The fourth-order valence-corrected chi connectivity index (χ4v) is 2.23. The van der Waals surface area contributed by atoms with Crippen LogP contribution in [0.3, 0.4) is 0 Å². The van der Waals surface area contributed by atoms with Crippen LogP contribution in [0.4, 0.5) is 0 Å². The highest BCUT2D eigenvalue weighted by molar-refractivity contribution is 5.84. The normalized spacial score (nSPS) is 22.2. The minimum Gasteiger partial charge on any atom is -0.478 e. The van der Waals surface area contributed by atoms with Crippen molar-refractivity contribution in [2.24, 2.45) is 0 Å². The monoisotopic (exact) mass is 242 g/mol. The average Bonchev–Trinajstić information content (AvgIpc) is 1.96. The van der Waals surface area contributed by atoms with Crippen molar-refractivity contribution >= 4 is 5.97 Å². The van der Waals surface area contributed by atoms with E-state index in [1.54, 1.807) is 0 Å². The summed E-state index contributed by atoms with van der Waals surface area (Å²) < 4.78 is 0. The molecule has 0 saturated carbocycles. The van der Waals surface area contributed by atoms with Gasteiger partial charge in [0.1, 0.15) is 0 Å². The van der Waals surface area contributed by atoms with Crippen LogP contribution < -0.4 is 5.32 Å². The number of rotatable bonds is 1. The van der Waals surface area contributed by atoms with Gasteiger partial charge in [0.05, 0.1) is 6.10 Å². The molecule has 1 aliphatic heterocycles. The minimum atomic E-state index is -0.935. The molecular weight excluding hydrogens is 218 g/mol. The Kier molecular flexibility index (Phi) is 5.36. The third kappa shape index (κ3) is 7.13. The lowest BCUT2D eigenvalue weighted by Gasteiger charge is -2.44. The van der Waals surface area contributed by atoms with Crippen molar-refractivity contribution in [3.63, 3.8) is 0 Å². The van der Waals surface area contributed by atoms with Crippen molar-refractivity contribution in [2.45, 2.75) is 64.6 Å². The van der Waals surface area contributed by atoms with E-state index in [-0.39, 0.29) is 22.8 Å². The molecule has 0 aromatic heterocycles. The van der Waals surface area contributed by atoms with E-state index < -0.39 is 5.97 Å². The van der Waals surface area contributed by atoms with Crippen molar-refractivity contribution in [3.8, 4) is 0 Å². The highest BCUT2D eigenvalue weighted by Gasteiger charge is 2.37. The predicted octanol–water partition coefficient (Wildman–Crippen LogP) is 2.37. The lowest BCUT2D eigenvalue weighted by Crippen LogP contribution is -2.58. The van der Waals surface area contributed by atoms with Gasteiger partial charge in [-0.2, -0.15) is 0 Å². The molecule has 0 atom stereocenters. The number of aliphatic carboxylic acids is 1. The summed E-state index contributed by atoms with van der Waals surface area (Å²) in [6, 6.07) is 0. The van der Waals surface area contributed by atoms with Gasteiger partial charge in [-0.15, -0.1) is 0 Å². The first kappa shape index (κ1) is 16.1. The predicted molar refractivity (Wildman–Crippen MR) is 67.5 cm³/mol. The zero-order chi connectivity index (χ0) is 13.9. The smallest absolute Gasteiger partial charge is 0.330 e. The second-order valence-corrected chi connectivity index (χ2v) is 6.01. The van der Waals surface area contributed by atoms with Crippen LogP contribution >= 0.6 is 0 Å². The molecule has 17 heavy (non-hydrogen) atoms. The summed E-state index contributed by atoms with van der Waals surface area (Å²) in [6.07, 6.45) is 1.11. The van der Waals surface area contributed by atoms with E-state index in [1.807, 2.05) is 0 Å². The molecular formula is C13H24NO3. The van der Waals surface area contributed by atoms with E-state index >= 15 is 0 Å². The maximum Gasteiger partial charge on any atom is 0.330 e. The van der Waals surface area contributed by atoms with Crippen molar-refractivity contribution < 1.29 is 15.0 Å². The standard InChI is InChI=1S/C9H18NO.C4H6O2/c1-8(2)5-7(11)6-9(3,4)10-8;1-3(2)4(5)6/h7,10H,5-6H2,1-4H3;1H2,2H3,(H,5,6). The number of carboxylic acids is 1. The molecule has 4 heteroatoms. The Labute approximate surface area is 104 Å². The molecule has 1 saturated heterocycles. The summed E-state index contributed by atoms with van der Waals surface area (Å²) in [5, 5.41) is 22.7. The van der Waals surface area contributed by atoms with Crippen LogP contribution in [0.2, 0.25) is 0 Å². The number of hydrogen-bond donors (Lipinski definition) is 2. The number of piperidine rings is 1. The average molecular weight is 242 g/mol. The molecule has 1 heterocycles. The highest BCUT2D eigenvalue weighted by atomic mass is 16.4. The Hall–Kier alpha value is -0.870. The molecule has 0 aromatic carbocycles. The Morgan fingerprint density at radius 2 is 1.53 bits per heavy atom. The molecule has 0 unspecified atom stereocenters. The first-order valence-corrected chi connectivity index (χ1v) is 5.79. The zero-order valence-electron chi connectivity index (χ0n) is 11.5. The van der Waals surface area contributed by atoms with E-state index in [0.717, 1.165) is 12.8 Å². The van der Waals surface area contributed by atoms with Crippen LogP contribution in [-0.2, 0) is 9.90 Å². The first-order chi connectivity index (χ1) is 7.45. The quantitative estimate of drug-likeness (QED) is 0.694. The van der Waals surface area contributed by atoms with E-state index in [1.165, 1.54) is 6.92 Å². The molecule has 0 bridgehead atoms. The summed E-state index contributed by atoms with van der Waals surface area (Å²) >= 11 is 0. The maximum absolute atomic E-state index is 11.3. The van der Waals surface area contributed by atoms with Crippen molar-refractivity contribution in [2.75, 3.05) is 0 Å². The van der Waals surface area contributed by atoms with Gasteiger partial charge in [-0.25, -0.2) is 9.90 Å². The van der Waals surface area contributed by atoms with Gasteiger partial charge in [-0.1, -0.05) is 6.58 Å². The van der Waals surface area contributed by atoms with Crippen LogP contribution in [0, 0.1) is 0 Å². The lowest BCUT2D eigenvalue weighted by molar-refractivity contribution is -0.132. The third-order valence-corrected chi connectivity index (χ3v) is 2.52. The summed E-state index contributed by atoms with van der Waals surface area (Å²) in [6.45, 7) is 13.0. The molecule has 1 aliphatic rings. The Morgan fingerprint density at radius 3 is 1.71 bits per heavy atom. The Bertz CT molecular complexity index is 267. The Balaban J connectivity index is 0.000000366. The van der Waals surface area contributed by atoms with Gasteiger partial charge >= 0.3 is 5.97 Å². The molecule has 0 amide bonds. The maximum atomic E-state index is 11.3. The van der Waals surface area contributed by atoms with Gasteiger partial charge in [-0.05, 0) is 47.5 Å². The zero-order valence-corrected chi connectivity index (χ0v) is 11.5. The van der Waals surface area contributed by atoms with Gasteiger partial charge in [0.25, 0.3) is 0 Å². The van der Waals surface area contributed by atoms with E-state index in [0.29, 0.717) is 0 Å². The first-order valence-electron chi connectivity index (χ1n) is 5.79. The fraction of sp³-hybridized carbons (Fsp3) is 0.769. The molecule has 4 nitrogen and oxygen atoms in total. The summed E-state index contributed by atoms with van der Waals surface area (Å²) in [5.41, 5.74) is 0.220. The molecule has 1 rings (SSSR count). The summed E-state index contributed by atoms with van der Waals surface area (Å²) in [7, 11) is 0. The second-order valence-electron chi connectivity index (χ2n) is 6.01. The van der Waals surface area contributed by atoms with E-state index in [2.05, 4.69) is 39.6 Å². The molecule has 99 valence electrons. The summed E-state index contributed by atoms with van der Waals surface area (Å²) in [4.78, 5) is 9.60. The lowest BCUT2D eigenvalue weighted by atomic mass is 9.81. The van der Waals surface area contributed by atoms with Gasteiger partial charge < -0.3 is 10.4 Å². The van der Waals surface area contributed by atoms with Gasteiger partial charge in [-0.3, -0.25) is 0 Å². The molecule has 1 radical (unpaired) electrons. The molecule has 2 N–H and O–H groups in total. The number of nitrogens with one attached hydrogen (secondary N) is 1.